The average Bonchev–Trinajstić information content (AvgIpc) is 2.87. The maximum atomic E-state index is 12.8. The highest BCUT2D eigenvalue weighted by Crippen LogP contribution is 2.28. The predicted octanol–water partition coefficient (Wildman–Crippen LogP) is 3.36. The summed E-state index contributed by atoms with van der Waals surface area (Å²) in [5.41, 5.74) is 1.33. The maximum Gasteiger partial charge on any atom is 0.338 e. The van der Waals surface area contributed by atoms with Crippen LogP contribution in [0.15, 0.2) is 91.0 Å². The van der Waals surface area contributed by atoms with Crippen LogP contribution in [0.5, 0.6) is 0 Å². The first-order chi connectivity index (χ1) is 16.5. The van der Waals surface area contributed by atoms with E-state index in [1.165, 1.54) is 0 Å². The predicted molar refractivity (Wildman–Crippen MR) is 122 cm³/mol. The minimum Gasteiger partial charge on any atom is -0.451 e. The summed E-state index contributed by atoms with van der Waals surface area (Å²) in [6, 6.07) is 25.7. The highest BCUT2D eigenvalue weighted by atomic mass is 16.6. The van der Waals surface area contributed by atoms with Crippen LogP contribution in [0.25, 0.3) is 0 Å². The van der Waals surface area contributed by atoms with Crippen molar-refractivity contribution in [3.63, 3.8) is 0 Å². The topological polar surface area (TPSA) is 99.1 Å². The van der Waals surface area contributed by atoms with Crippen molar-refractivity contribution in [1.29, 1.82) is 0 Å². The zero-order chi connectivity index (χ0) is 23.9. The van der Waals surface area contributed by atoms with Crippen LogP contribution in [-0.4, -0.2) is 47.2 Å². The van der Waals surface area contributed by atoms with Gasteiger partial charge in [-0.05, 0) is 29.8 Å². The van der Waals surface area contributed by atoms with Crippen molar-refractivity contribution in [2.45, 2.75) is 37.4 Å². The first-order valence-electron chi connectivity index (χ1n) is 10.9. The third-order valence-electron chi connectivity index (χ3n) is 5.51. The highest BCUT2D eigenvalue weighted by molar-refractivity contribution is 5.94. The van der Waals surface area contributed by atoms with Gasteiger partial charge in [-0.25, -0.2) is 9.59 Å². The Kier molecular flexibility index (Phi) is 7.47. The number of benzene rings is 3. The van der Waals surface area contributed by atoms with Gasteiger partial charge >= 0.3 is 11.9 Å². The Labute approximate surface area is 196 Å². The van der Waals surface area contributed by atoms with E-state index in [0.29, 0.717) is 0 Å². The molecule has 0 heterocycles. The number of rotatable bonds is 7. The van der Waals surface area contributed by atoms with E-state index in [9.17, 15) is 19.5 Å². The molecule has 1 fully saturated rings. The fourth-order valence-electron chi connectivity index (χ4n) is 3.77. The van der Waals surface area contributed by atoms with E-state index in [-0.39, 0.29) is 24.2 Å². The Bertz CT molecular complexity index is 1120. The lowest BCUT2D eigenvalue weighted by atomic mass is 9.87. The van der Waals surface area contributed by atoms with Crippen LogP contribution in [0.1, 0.15) is 32.7 Å². The molecule has 0 amide bonds. The van der Waals surface area contributed by atoms with Gasteiger partial charge in [-0.15, -0.1) is 0 Å². The Hall–Kier alpha value is -3.81. The van der Waals surface area contributed by atoms with Crippen LogP contribution in [0, 0.1) is 0 Å². The van der Waals surface area contributed by atoms with E-state index in [4.69, 9.17) is 14.2 Å². The van der Waals surface area contributed by atoms with Crippen molar-refractivity contribution in [2.24, 2.45) is 0 Å². The van der Waals surface area contributed by atoms with Gasteiger partial charge in [0.1, 0.15) is 6.10 Å². The number of ether oxygens (including phenoxy) is 3. The first kappa shape index (κ1) is 23.4. The molecule has 0 aromatic heterocycles. The van der Waals surface area contributed by atoms with Gasteiger partial charge in [-0.2, -0.15) is 0 Å². The number of carbonyl (C=O) groups excluding carboxylic acids is 3. The molecular weight excluding hydrogens is 436 g/mol. The second-order valence-electron chi connectivity index (χ2n) is 7.93. The molecule has 0 aliphatic heterocycles. The lowest BCUT2D eigenvalue weighted by molar-refractivity contribution is -0.177. The Morgan fingerprint density at radius 3 is 1.79 bits per heavy atom. The van der Waals surface area contributed by atoms with Gasteiger partial charge in [0.05, 0.1) is 23.8 Å². The molecule has 1 aliphatic carbocycles. The number of aliphatic hydroxyl groups excluding tert-OH is 1. The molecule has 1 aliphatic rings. The Morgan fingerprint density at radius 2 is 1.24 bits per heavy atom. The van der Waals surface area contributed by atoms with Gasteiger partial charge in [-0.3, -0.25) is 4.79 Å². The number of carbonyl (C=O) groups is 3. The Morgan fingerprint density at radius 1 is 0.735 bits per heavy atom. The second kappa shape index (κ2) is 10.9. The molecule has 0 bridgehead atoms. The fraction of sp³-hybridized carbons (Fsp3) is 0.222. The molecule has 1 N–H and O–H groups in total. The van der Waals surface area contributed by atoms with Crippen molar-refractivity contribution < 1.29 is 33.7 Å². The molecule has 34 heavy (non-hydrogen) atoms. The summed E-state index contributed by atoms with van der Waals surface area (Å²) < 4.78 is 17.1. The van der Waals surface area contributed by atoms with Gasteiger partial charge in [0, 0.05) is 6.42 Å². The van der Waals surface area contributed by atoms with E-state index in [0.717, 1.165) is 5.56 Å². The van der Waals surface area contributed by atoms with Crippen molar-refractivity contribution in [2.75, 3.05) is 0 Å². The molecule has 3 aromatic carbocycles. The lowest BCUT2D eigenvalue weighted by Gasteiger charge is -2.38. The van der Waals surface area contributed by atoms with Crippen molar-refractivity contribution in [3.8, 4) is 0 Å². The maximum absolute atomic E-state index is 12.8. The van der Waals surface area contributed by atoms with Crippen LogP contribution in [-0.2, 0) is 25.6 Å². The normalized spacial score (nSPS) is 22.1. The molecule has 3 aromatic rings. The standard InChI is InChI=1S/C27H24O7/c28-21-16-22(29)24(33-26(30)19-12-6-2-7-13-19)25(34-27(31)20-14-8-3-9-15-20)23(21)32-17-18-10-4-1-5-11-18/h1-15,21,23-25,28H,16-17H2/t21-,23-,24+,25+/m0/s1. The van der Waals surface area contributed by atoms with Crippen LogP contribution in [0.2, 0.25) is 0 Å². The molecule has 4 atom stereocenters. The summed E-state index contributed by atoms with van der Waals surface area (Å²) in [6.07, 6.45) is -5.38. The van der Waals surface area contributed by atoms with Crippen molar-refractivity contribution >= 4 is 17.7 Å². The zero-order valence-corrected chi connectivity index (χ0v) is 18.3. The summed E-state index contributed by atoms with van der Waals surface area (Å²) >= 11 is 0. The number of ketones is 1. The average molecular weight is 460 g/mol. The monoisotopic (exact) mass is 460 g/mol. The molecule has 0 spiro atoms. The number of aliphatic hydroxyl groups is 1. The van der Waals surface area contributed by atoms with Gasteiger partial charge in [0.25, 0.3) is 0 Å². The molecule has 174 valence electrons. The second-order valence-corrected chi connectivity index (χ2v) is 7.93. The minimum atomic E-state index is -1.43. The summed E-state index contributed by atoms with van der Waals surface area (Å²) in [7, 11) is 0. The molecule has 0 unspecified atom stereocenters. The van der Waals surface area contributed by atoms with Gasteiger partial charge in [0.2, 0.25) is 0 Å². The van der Waals surface area contributed by atoms with E-state index >= 15 is 0 Å². The molecular formula is C27H24O7. The Balaban J connectivity index is 1.60. The van der Waals surface area contributed by atoms with Crippen molar-refractivity contribution in [3.05, 3.63) is 108 Å². The van der Waals surface area contributed by atoms with Crippen molar-refractivity contribution in [1.82, 2.24) is 0 Å². The third kappa shape index (κ3) is 5.57. The van der Waals surface area contributed by atoms with E-state index in [1.807, 2.05) is 30.3 Å². The van der Waals surface area contributed by atoms with Gasteiger partial charge < -0.3 is 19.3 Å². The molecule has 7 nitrogen and oxygen atoms in total. The first-order valence-corrected chi connectivity index (χ1v) is 10.9. The number of esters is 2. The van der Waals surface area contributed by atoms with Crippen LogP contribution in [0.3, 0.4) is 0 Å². The largest absolute Gasteiger partial charge is 0.451 e. The summed E-state index contributed by atoms with van der Waals surface area (Å²) in [5.74, 6) is -2.01. The van der Waals surface area contributed by atoms with E-state index < -0.39 is 42.1 Å². The van der Waals surface area contributed by atoms with Crippen LogP contribution >= 0.6 is 0 Å². The molecule has 1 saturated carbocycles. The minimum absolute atomic E-state index is 0.107. The molecule has 0 saturated heterocycles. The van der Waals surface area contributed by atoms with Gasteiger partial charge in [-0.1, -0.05) is 66.7 Å². The number of hydrogen-bond acceptors (Lipinski definition) is 7. The fourth-order valence-corrected chi connectivity index (χ4v) is 3.77. The summed E-state index contributed by atoms with van der Waals surface area (Å²) in [4.78, 5) is 38.4. The zero-order valence-electron chi connectivity index (χ0n) is 18.3. The van der Waals surface area contributed by atoms with E-state index in [1.54, 1.807) is 60.7 Å². The number of Topliss-reactive ketones (excluding diaryl/α,β-unsaturated/α-hetero) is 1. The summed E-state index contributed by atoms with van der Waals surface area (Å²) in [5, 5.41) is 10.7. The van der Waals surface area contributed by atoms with E-state index in [2.05, 4.69) is 0 Å². The van der Waals surface area contributed by atoms with Crippen LogP contribution < -0.4 is 0 Å². The molecule has 0 radical (unpaired) electrons. The lowest BCUT2D eigenvalue weighted by Crippen LogP contribution is -2.58. The highest BCUT2D eigenvalue weighted by Gasteiger charge is 2.49. The van der Waals surface area contributed by atoms with Gasteiger partial charge in [0.15, 0.2) is 18.0 Å². The quantitative estimate of drug-likeness (QED) is 0.540. The van der Waals surface area contributed by atoms with Crippen LogP contribution in [0.4, 0.5) is 0 Å². The molecule has 4 rings (SSSR count). The smallest absolute Gasteiger partial charge is 0.338 e. The third-order valence-corrected chi connectivity index (χ3v) is 5.51. The molecule has 7 heteroatoms. The summed E-state index contributed by atoms with van der Waals surface area (Å²) in [6.45, 7) is 0.107. The SMILES string of the molecule is O=C(O[C@@H]1[C@@H](OCc2ccccc2)[C@@H](O)CC(=O)[C@H]1OC(=O)c1ccccc1)c1ccccc1. The number of hydrogen-bond donors (Lipinski definition) is 1.